The molecule has 4 nitrogen and oxygen atoms in total. The fourth-order valence-electron chi connectivity index (χ4n) is 3.89. The molecule has 0 atom stereocenters. The second-order valence-electron chi connectivity index (χ2n) is 7.46. The number of furan rings is 1. The van der Waals surface area contributed by atoms with Crippen LogP contribution in [-0.4, -0.2) is 15.0 Å². The number of rotatable bonds is 3. The second-order valence-corrected chi connectivity index (χ2v) is 8.38. The van der Waals surface area contributed by atoms with Crippen LogP contribution in [0.4, 0.5) is 0 Å². The highest BCUT2D eigenvalue weighted by Crippen LogP contribution is 2.35. The molecule has 4 aromatic carbocycles. The monoisotopic (exact) mass is 477 g/mol. The van der Waals surface area contributed by atoms with Crippen molar-refractivity contribution in [3.63, 3.8) is 0 Å². The number of aromatic nitrogens is 3. The number of fused-ring (bicyclic) bond motifs is 3. The molecular formula is C27H16BrN3O. The number of hydrogen-bond donors (Lipinski definition) is 0. The van der Waals surface area contributed by atoms with Crippen LogP contribution in [0, 0.1) is 0 Å². The van der Waals surface area contributed by atoms with E-state index in [1.54, 1.807) is 0 Å². The number of para-hydroxylation sites is 2. The molecule has 32 heavy (non-hydrogen) atoms. The molecule has 6 rings (SSSR count). The Morgan fingerprint density at radius 3 is 2.06 bits per heavy atom. The Bertz CT molecular complexity index is 1590. The van der Waals surface area contributed by atoms with E-state index in [1.165, 1.54) is 0 Å². The van der Waals surface area contributed by atoms with E-state index in [4.69, 9.17) is 19.4 Å². The summed E-state index contributed by atoms with van der Waals surface area (Å²) in [6, 6.07) is 32.1. The first-order chi connectivity index (χ1) is 15.8. The van der Waals surface area contributed by atoms with Gasteiger partial charge in [-0.2, -0.15) is 0 Å². The van der Waals surface area contributed by atoms with Gasteiger partial charge >= 0.3 is 0 Å². The lowest BCUT2D eigenvalue weighted by Crippen LogP contribution is -2.00. The summed E-state index contributed by atoms with van der Waals surface area (Å²) in [5.74, 6) is 1.82. The molecule has 5 heteroatoms. The summed E-state index contributed by atoms with van der Waals surface area (Å²) in [6.07, 6.45) is 0. The lowest BCUT2D eigenvalue weighted by atomic mass is 10.1. The zero-order valence-electron chi connectivity index (χ0n) is 16.9. The van der Waals surface area contributed by atoms with Gasteiger partial charge in [-0.15, -0.1) is 0 Å². The van der Waals surface area contributed by atoms with Crippen molar-refractivity contribution in [3.05, 3.63) is 102 Å². The first kappa shape index (κ1) is 18.9. The maximum Gasteiger partial charge on any atom is 0.167 e. The predicted molar refractivity (Wildman–Crippen MR) is 131 cm³/mol. The minimum Gasteiger partial charge on any atom is -0.455 e. The predicted octanol–water partition coefficient (Wildman–Crippen LogP) is 7.53. The first-order valence-electron chi connectivity index (χ1n) is 10.2. The van der Waals surface area contributed by atoms with Gasteiger partial charge in [0.25, 0.3) is 0 Å². The number of hydrogen-bond acceptors (Lipinski definition) is 4. The van der Waals surface area contributed by atoms with E-state index in [0.717, 1.165) is 43.1 Å². The highest BCUT2D eigenvalue weighted by Gasteiger charge is 2.17. The summed E-state index contributed by atoms with van der Waals surface area (Å²) < 4.78 is 7.21. The maximum absolute atomic E-state index is 6.24. The van der Waals surface area contributed by atoms with Crippen LogP contribution in [0.1, 0.15) is 0 Å². The van der Waals surface area contributed by atoms with Crippen molar-refractivity contribution in [2.45, 2.75) is 0 Å². The third-order valence-corrected chi connectivity index (χ3v) is 5.89. The van der Waals surface area contributed by atoms with Gasteiger partial charge in [-0.25, -0.2) is 15.0 Å². The summed E-state index contributed by atoms with van der Waals surface area (Å²) in [4.78, 5) is 14.5. The van der Waals surface area contributed by atoms with E-state index < -0.39 is 0 Å². The Hall–Kier alpha value is -3.83. The van der Waals surface area contributed by atoms with Gasteiger partial charge in [0.15, 0.2) is 17.5 Å². The molecule has 0 aliphatic rings. The van der Waals surface area contributed by atoms with Gasteiger partial charge in [0, 0.05) is 26.4 Å². The van der Waals surface area contributed by atoms with Gasteiger partial charge < -0.3 is 4.42 Å². The zero-order valence-corrected chi connectivity index (χ0v) is 18.5. The van der Waals surface area contributed by atoms with Crippen molar-refractivity contribution >= 4 is 37.9 Å². The SMILES string of the molecule is Brc1cccc(-c2nc(-c3ccccc3)nc(-c3cccc4c3oc3ccccc34)n2)c1. The van der Waals surface area contributed by atoms with E-state index in [-0.39, 0.29) is 0 Å². The van der Waals surface area contributed by atoms with Crippen LogP contribution in [0.3, 0.4) is 0 Å². The van der Waals surface area contributed by atoms with Crippen LogP contribution >= 0.6 is 15.9 Å². The molecule has 0 bridgehead atoms. The fraction of sp³-hybridized carbons (Fsp3) is 0. The van der Waals surface area contributed by atoms with Crippen LogP contribution < -0.4 is 0 Å². The topological polar surface area (TPSA) is 51.8 Å². The maximum atomic E-state index is 6.24. The van der Waals surface area contributed by atoms with Crippen LogP contribution in [0.2, 0.25) is 0 Å². The van der Waals surface area contributed by atoms with E-state index in [1.807, 2.05) is 84.9 Å². The molecule has 2 heterocycles. The molecule has 0 radical (unpaired) electrons. The molecule has 0 N–H and O–H groups in total. The summed E-state index contributed by atoms with van der Waals surface area (Å²) in [5, 5.41) is 2.12. The van der Waals surface area contributed by atoms with Crippen LogP contribution in [-0.2, 0) is 0 Å². The Balaban J connectivity index is 1.63. The lowest BCUT2D eigenvalue weighted by molar-refractivity contribution is 0.669. The average Bonchev–Trinajstić information content (AvgIpc) is 3.23. The number of nitrogens with zero attached hydrogens (tertiary/aromatic N) is 3. The highest BCUT2D eigenvalue weighted by molar-refractivity contribution is 9.10. The van der Waals surface area contributed by atoms with Crippen molar-refractivity contribution < 1.29 is 4.42 Å². The van der Waals surface area contributed by atoms with E-state index in [9.17, 15) is 0 Å². The normalized spacial score (nSPS) is 11.3. The second kappa shape index (κ2) is 7.70. The summed E-state index contributed by atoms with van der Waals surface area (Å²) >= 11 is 3.55. The molecule has 0 saturated heterocycles. The molecule has 0 amide bonds. The molecule has 6 aromatic rings. The van der Waals surface area contributed by atoms with Gasteiger partial charge in [-0.3, -0.25) is 0 Å². The van der Waals surface area contributed by atoms with Crippen molar-refractivity contribution in [1.82, 2.24) is 15.0 Å². The minimum atomic E-state index is 0.582. The summed E-state index contributed by atoms with van der Waals surface area (Å²) in [7, 11) is 0. The van der Waals surface area contributed by atoms with Gasteiger partial charge in [-0.05, 0) is 24.3 Å². The van der Waals surface area contributed by atoms with Crippen LogP contribution in [0.5, 0.6) is 0 Å². The molecule has 0 saturated carbocycles. The smallest absolute Gasteiger partial charge is 0.167 e. The van der Waals surface area contributed by atoms with Gasteiger partial charge in [-0.1, -0.05) is 88.7 Å². The summed E-state index contributed by atoms with van der Waals surface area (Å²) in [6.45, 7) is 0. The van der Waals surface area contributed by atoms with Gasteiger partial charge in [0.2, 0.25) is 0 Å². The molecule has 0 unspecified atom stereocenters. The zero-order chi connectivity index (χ0) is 21.5. The molecule has 0 fully saturated rings. The van der Waals surface area contributed by atoms with E-state index >= 15 is 0 Å². The molecular weight excluding hydrogens is 462 g/mol. The van der Waals surface area contributed by atoms with E-state index in [2.05, 4.69) is 28.1 Å². The molecule has 152 valence electrons. The largest absolute Gasteiger partial charge is 0.455 e. The highest BCUT2D eigenvalue weighted by atomic mass is 79.9. The minimum absolute atomic E-state index is 0.582. The van der Waals surface area contributed by atoms with Crippen molar-refractivity contribution in [1.29, 1.82) is 0 Å². The Kier molecular flexibility index (Phi) is 4.55. The Labute approximate surface area is 192 Å². The average molecular weight is 478 g/mol. The molecule has 2 aromatic heterocycles. The van der Waals surface area contributed by atoms with Crippen molar-refractivity contribution in [2.75, 3.05) is 0 Å². The van der Waals surface area contributed by atoms with Crippen molar-refractivity contribution in [2.24, 2.45) is 0 Å². The Morgan fingerprint density at radius 1 is 0.562 bits per heavy atom. The van der Waals surface area contributed by atoms with Crippen LogP contribution in [0.15, 0.2) is 106 Å². The lowest BCUT2D eigenvalue weighted by Gasteiger charge is -2.09. The van der Waals surface area contributed by atoms with Crippen LogP contribution in [0.25, 0.3) is 56.1 Å². The number of halogens is 1. The molecule has 0 aliphatic heterocycles. The third kappa shape index (κ3) is 3.27. The summed E-state index contributed by atoms with van der Waals surface area (Å²) in [5.41, 5.74) is 4.31. The standard InChI is InChI=1S/C27H16BrN3O/c28-19-11-6-10-18(16-19)26-29-25(17-8-2-1-3-9-17)30-27(31-26)22-14-7-13-21-20-12-4-5-15-23(20)32-24(21)22/h1-16H. The van der Waals surface area contributed by atoms with Gasteiger partial charge in [0.1, 0.15) is 11.2 Å². The van der Waals surface area contributed by atoms with Crippen molar-refractivity contribution in [3.8, 4) is 34.2 Å². The quantitative estimate of drug-likeness (QED) is 0.264. The Morgan fingerprint density at radius 2 is 1.22 bits per heavy atom. The first-order valence-corrected chi connectivity index (χ1v) is 11.0. The molecule has 0 aliphatic carbocycles. The van der Waals surface area contributed by atoms with Gasteiger partial charge in [0.05, 0.1) is 5.56 Å². The third-order valence-electron chi connectivity index (χ3n) is 5.40. The number of benzene rings is 4. The molecule has 0 spiro atoms. The van der Waals surface area contributed by atoms with E-state index in [0.29, 0.717) is 17.5 Å². The fourth-order valence-corrected chi connectivity index (χ4v) is 4.29.